The minimum atomic E-state index is -4.71. The molecule has 1 unspecified atom stereocenters. The van der Waals surface area contributed by atoms with Gasteiger partial charge in [0.1, 0.15) is 37.1 Å². The number of allylic oxidation sites excluding steroid dienone is 1. The molecule has 1 saturated carbocycles. The van der Waals surface area contributed by atoms with E-state index < -0.39 is 50.6 Å². The number of hydrogen-bond donors (Lipinski definition) is 2. The van der Waals surface area contributed by atoms with Crippen LogP contribution in [0.25, 0.3) is 0 Å². The molecule has 0 aromatic carbocycles. The Balaban J connectivity index is 1.76. The van der Waals surface area contributed by atoms with Crippen molar-refractivity contribution in [2.75, 3.05) is 47.5 Å². The number of unbranched alkanes of at least 4 members (excludes halogenated alkanes) is 12. The van der Waals surface area contributed by atoms with Crippen LogP contribution in [-0.2, 0) is 50.3 Å². The molecule has 1 heterocycles. The van der Waals surface area contributed by atoms with Crippen molar-refractivity contribution in [2.24, 2.45) is 11.8 Å². The zero-order valence-corrected chi connectivity index (χ0v) is 40.4. The second kappa shape index (κ2) is 30.7. The number of nitrogens with zero attached hydrogens (tertiary/aromatic N) is 1. The number of aliphatic hydroxyl groups excluding tert-OH is 2. The molecule has 358 valence electrons. The van der Waals surface area contributed by atoms with Gasteiger partial charge in [-0.25, -0.2) is 0 Å². The predicted molar refractivity (Wildman–Crippen MR) is 240 cm³/mol. The summed E-state index contributed by atoms with van der Waals surface area (Å²) in [6.07, 6.45) is 19.8. The topological polar surface area (TPSA) is 182 Å². The summed E-state index contributed by atoms with van der Waals surface area (Å²) in [7, 11) is 0.997. The molecule has 1 aliphatic rings. The van der Waals surface area contributed by atoms with Gasteiger partial charge >= 0.3 is 11.9 Å². The first-order chi connectivity index (χ1) is 29.5. The van der Waals surface area contributed by atoms with Crippen LogP contribution < -0.4 is 4.89 Å². The molecule has 2 rings (SSSR count). The Hall–Kier alpha value is -2.38. The maximum Gasteiger partial charge on any atom is 0.306 e. The van der Waals surface area contributed by atoms with E-state index in [9.17, 15) is 34.1 Å². The number of esters is 2. The number of ketones is 1. The molecule has 62 heavy (non-hydrogen) atoms. The zero-order valence-electron chi connectivity index (χ0n) is 39.5. The van der Waals surface area contributed by atoms with Gasteiger partial charge in [0.25, 0.3) is 7.82 Å². The predicted octanol–water partition coefficient (Wildman–Crippen LogP) is 8.97. The number of rotatable bonds is 36. The molecule has 14 heteroatoms. The summed E-state index contributed by atoms with van der Waals surface area (Å²) < 4.78 is 40.2. The van der Waals surface area contributed by atoms with E-state index in [1.807, 2.05) is 21.1 Å². The number of quaternary nitrogens is 1. The van der Waals surface area contributed by atoms with E-state index in [0.717, 1.165) is 95.0 Å². The highest BCUT2D eigenvalue weighted by Crippen LogP contribution is 2.38. The molecule has 0 amide bonds. The Morgan fingerprint density at radius 3 is 2.02 bits per heavy atom. The van der Waals surface area contributed by atoms with Gasteiger partial charge in [-0.05, 0) is 69.4 Å². The van der Waals surface area contributed by atoms with Gasteiger partial charge in [-0.2, -0.15) is 0 Å². The third kappa shape index (κ3) is 24.1. The first-order valence-electron chi connectivity index (χ1n) is 23.9. The van der Waals surface area contributed by atoms with Crippen molar-refractivity contribution in [1.29, 1.82) is 0 Å². The summed E-state index contributed by atoms with van der Waals surface area (Å²) in [4.78, 5) is 50.6. The van der Waals surface area contributed by atoms with E-state index in [0.29, 0.717) is 43.1 Å². The van der Waals surface area contributed by atoms with Crippen LogP contribution >= 0.6 is 7.82 Å². The molecular formula is C48H84NO12P. The number of phosphoric ester groups is 1. The largest absolute Gasteiger partial charge is 0.756 e. The summed E-state index contributed by atoms with van der Waals surface area (Å²) in [6, 6.07) is 0. The number of ether oxygens (including phenoxy) is 2. The maximum absolute atomic E-state index is 12.9. The number of aliphatic hydroxyl groups is 2. The monoisotopic (exact) mass is 898 g/mol. The number of phosphoric acid groups is 1. The van der Waals surface area contributed by atoms with Crippen molar-refractivity contribution < 1.29 is 61.5 Å². The van der Waals surface area contributed by atoms with Crippen LogP contribution in [0.2, 0.25) is 0 Å². The van der Waals surface area contributed by atoms with E-state index in [2.05, 4.69) is 27.7 Å². The van der Waals surface area contributed by atoms with Crippen LogP contribution in [0.4, 0.5) is 0 Å². The lowest BCUT2D eigenvalue weighted by Gasteiger charge is -2.28. The van der Waals surface area contributed by atoms with Crippen LogP contribution in [0.1, 0.15) is 171 Å². The summed E-state index contributed by atoms with van der Waals surface area (Å²) in [5, 5.41) is 20.8. The molecule has 0 saturated heterocycles. The molecule has 13 nitrogen and oxygen atoms in total. The smallest absolute Gasteiger partial charge is 0.306 e. The Morgan fingerprint density at radius 2 is 1.39 bits per heavy atom. The number of furan rings is 1. The molecule has 0 radical (unpaired) electrons. The quantitative estimate of drug-likeness (QED) is 0.0215. The molecular weight excluding hydrogens is 813 g/mol. The van der Waals surface area contributed by atoms with E-state index in [1.165, 1.54) is 24.0 Å². The van der Waals surface area contributed by atoms with Crippen LogP contribution in [-0.4, -0.2) is 98.2 Å². The molecule has 1 fully saturated rings. The molecule has 0 bridgehead atoms. The highest BCUT2D eigenvalue weighted by Gasteiger charge is 2.39. The Labute approximate surface area is 373 Å². The van der Waals surface area contributed by atoms with Gasteiger partial charge in [0.05, 0.1) is 40.0 Å². The van der Waals surface area contributed by atoms with Gasteiger partial charge in [-0.3, -0.25) is 18.9 Å². The van der Waals surface area contributed by atoms with Gasteiger partial charge in [-0.1, -0.05) is 103 Å². The average molecular weight is 898 g/mol. The van der Waals surface area contributed by atoms with Crippen LogP contribution in [0.3, 0.4) is 0 Å². The van der Waals surface area contributed by atoms with Crippen LogP contribution in [0.5, 0.6) is 0 Å². The highest BCUT2D eigenvalue weighted by molar-refractivity contribution is 7.45. The normalized spacial score (nSPS) is 18.9. The van der Waals surface area contributed by atoms with Crippen molar-refractivity contribution in [3.63, 3.8) is 0 Å². The zero-order chi connectivity index (χ0) is 46.0. The lowest BCUT2D eigenvalue weighted by atomic mass is 9.88. The minimum absolute atomic E-state index is 0.00438. The number of carbonyl (C=O) groups is 3. The van der Waals surface area contributed by atoms with Crippen LogP contribution in [0, 0.1) is 25.7 Å². The number of hydrogen-bond acceptors (Lipinski definition) is 12. The van der Waals surface area contributed by atoms with Crippen molar-refractivity contribution in [2.45, 2.75) is 194 Å². The SMILES string of the molecule is CCCCCc1oc(CCCCCCCCC(=O)OC[C@H](COP(=O)([O-])OCC[N+](C)(C)C)OC(=O)CCCCCC[C@H]2[C@@H](O)CC(=O)[C@@H]2/C=C/[C@@H](O)CCCCC)c(C)c1C. The summed E-state index contributed by atoms with van der Waals surface area (Å²) in [5.74, 6) is 0.616. The van der Waals surface area contributed by atoms with E-state index >= 15 is 0 Å². The maximum atomic E-state index is 12.9. The molecule has 6 atom stereocenters. The minimum Gasteiger partial charge on any atom is -0.756 e. The van der Waals surface area contributed by atoms with E-state index in [4.69, 9.17) is 22.9 Å². The number of likely N-dealkylation sites (N-methyl/N-ethyl adjacent to an activating group) is 1. The van der Waals surface area contributed by atoms with Gasteiger partial charge in [0, 0.05) is 38.0 Å². The first kappa shape index (κ1) is 55.8. The average Bonchev–Trinajstić information content (AvgIpc) is 3.63. The van der Waals surface area contributed by atoms with Crippen molar-refractivity contribution >= 4 is 25.5 Å². The lowest BCUT2D eigenvalue weighted by Crippen LogP contribution is -2.37. The van der Waals surface area contributed by atoms with Gasteiger partial charge in [0.15, 0.2) is 6.10 Å². The summed E-state index contributed by atoms with van der Waals surface area (Å²) in [5.41, 5.74) is 2.57. The van der Waals surface area contributed by atoms with Crippen LogP contribution in [0.15, 0.2) is 16.6 Å². The van der Waals surface area contributed by atoms with Crippen molar-refractivity contribution in [1.82, 2.24) is 0 Å². The number of carbonyl (C=O) groups excluding carboxylic acids is 3. The third-order valence-electron chi connectivity index (χ3n) is 11.9. The Kier molecular flexibility index (Phi) is 27.6. The third-order valence-corrected chi connectivity index (χ3v) is 12.9. The second-order valence-electron chi connectivity index (χ2n) is 18.5. The standard InChI is InChI=1S/C48H84NO12P/c1-8-10-18-24-39(50)30-31-42-41(43(51)34-44(42)52)25-20-16-17-23-29-48(54)60-40(36-59-62(55,56)58-33-32-49(5,6)7)35-57-47(53)28-22-15-13-12-14-21-27-46-38(4)37(3)45(61-46)26-19-11-9-2/h30-31,39-43,50-51H,8-29,32-36H2,1-7H3/b31-30+/t39-,40+,41+,42+,43-/m0/s1. The first-order valence-corrected chi connectivity index (χ1v) is 25.3. The van der Waals surface area contributed by atoms with E-state index in [-0.39, 0.29) is 44.2 Å². The lowest BCUT2D eigenvalue weighted by molar-refractivity contribution is -0.870. The molecule has 1 aromatic rings. The molecule has 1 aliphatic carbocycles. The summed E-state index contributed by atoms with van der Waals surface area (Å²) >= 11 is 0. The van der Waals surface area contributed by atoms with Gasteiger partial charge in [-0.15, -0.1) is 0 Å². The fourth-order valence-corrected chi connectivity index (χ4v) is 8.52. The fourth-order valence-electron chi connectivity index (χ4n) is 7.80. The van der Waals surface area contributed by atoms with E-state index in [1.54, 1.807) is 12.2 Å². The van der Waals surface area contributed by atoms with Crippen molar-refractivity contribution in [3.05, 3.63) is 34.8 Å². The molecule has 0 aliphatic heterocycles. The number of aryl methyl sites for hydroxylation is 2. The van der Waals surface area contributed by atoms with Gasteiger partial charge < -0.3 is 42.5 Å². The fraction of sp³-hybridized carbons (Fsp3) is 0.812. The molecule has 1 aromatic heterocycles. The molecule has 2 N–H and O–H groups in total. The van der Waals surface area contributed by atoms with Crippen molar-refractivity contribution in [3.8, 4) is 0 Å². The summed E-state index contributed by atoms with van der Waals surface area (Å²) in [6.45, 7) is 8.08. The second-order valence-corrected chi connectivity index (χ2v) is 19.9. The number of Topliss-reactive ketones (excluding diaryl/α,β-unsaturated/α-hetero) is 1. The highest BCUT2D eigenvalue weighted by atomic mass is 31.2. The Morgan fingerprint density at radius 1 is 0.823 bits per heavy atom. The van der Waals surface area contributed by atoms with Gasteiger partial charge in [0.2, 0.25) is 0 Å². The Bertz CT molecular complexity index is 1500. The molecule has 0 spiro atoms.